The van der Waals surface area contributed by atoms with Gasteiger partial charge in [0, 0.05) is 37.1 Å². The third-order valence-electron chi connectivity index (χ3n) is 5.72. The van der Waals surface area contributed by atoms with E-state index in [0.29, 0.717) is 0 Å². The Morgan fingerprint density at radius 1 is 1.37 bits per heavy atom. The summed E-state index contributed by atoms with van der Waals surface area (Å²) < 4.78 is 35.4. The van der Waals surface area contributed by atoms with E-state index >= 15 is 0 Å². The minimum absolute atomic E-state index is 0.101. The Hall–Kier alpha value is -2.54. The maximum absolute atomic E-state index is 14.3. The molecule has 1 fully saturated rings. The van der Waals surface area contributed by atoms with Crippen LogP contribution in [0.3, 0.4) is 0 Å². The van der Waals surface area contributed by atoms with Crippen molar-refractivity contribution in [2.45, 2.75) is 38.3 Å². The predicted octanol–water partition coefficient (Wildman–Crippen LogP) is 2.46. The molecule has 0 spiro atoms. The van der Waals surface area contributed by atoms with Crippen LogP contribution in [0.1, 0.15) is 42.1 Å². The predicted molar refractivity (Wildman–Crippen MR) is 133 cm³/mol. The number of nitrogens with one attached hydrogen (secondary N) is 2. The number of piperidine rings is 1. The van der Waals surface area contributed by atoms with E-state index in [4.69, 9.17) is 15.6 Å². The van der Waals surface area contributed by atoms with E-state index in [1.54, 1.807) is 0 Å². The number of anilines is 2. The Bertz CT molecular complexity index is 1010. The van der Waals surface area contributed by atoms with Crippen molar-refractivity contribution in [1.29, 1.82) is 0 Å². The first-order valence-corrected chi connectivity index (χ1v) is 12.5. The average Bonchev–Trinajstić information content (AvgIpc) is 2.86. The van der Waals surface area contributed by atoms with E-state index in [-0.39, 0.29) is 41.8 Å². The first-order valence-electron chi connectivity index (χ1n) is 11.5. The lowest BCUT2D eigenvalue weighted by atomic mass is 10.0. The number of aliphatic hydroxyl groups excluding tert-OH is 1. The Balaban J connectivity index is 1.52. The second-order valence-electron chi connectivity index (χ2n) is 8.33. The first kappa shape index (κ1) is 27.1. The number of carbonyl (C=O) groups excluding carboxylic acids is 1. The average molecular weight is 511 g/mol. The molecule has 0 aliphatic carbocycles. The topological polar surface area (TPSA) is 126 Å². The maximum Gasteiger partial charge on any atom is 0.224 e. The molecule has 3 rings (SSSR count). The van der Waals surface area contributed by atoms with Gasteiger partial charge in [0.25, 0.3) is 0 Å². The van der Waals surface area contributed by atoms with Crippen molar-refractivity contribution in [3.8, 4) is 5.75 Å². The van der Waals surface area contributed by atoms with Gasteiger partial charge in [-0.3, -0.25) is 9.10 Å². The zero-order chi connectivity index (χ0) is 25.4. The summed E-state index contributed by atoms with van der Waals surface area (Å²) in [6.45, 7) is 4.79. The minimum atomic E-state index is -1.31. The highest BCUT2D eigenvalue weighted by molar-refractivity contribution is 7.97. The number of aromatic nitrogens is 2. The van der Waals surface area contributed by atoms with Gasteiger partial charge in [-0.25, -0.2) is 13.8 Å². The van der Waals surface area contributed by atoms with Crippen LogP contribution in [0.15, 0.2) is 18.3 Å². The van der Waals surface area contributed by atoms with Gasteiger partial charge in [-0.05, 0) is 44.9 Å². The molecule has 0 bridgehead atoms. The number of carbonyl (C=O) groups is 1. The van der Waals surface area contributed by atoms with Gasteiger partial charge in [0.2, 0.25) is 11.7 Å². The molecule has 12 heteroatoms. The zero-order valence-corrected chi connectivity index (χ0v) is 20.7. The number of ketones is 1. The second-order valence-corrected chi connectivity index (χ2v) is 9.52. The number of hydrogen-bond donors (Lipinski definition) is 4. The summed E-state index contributed by atoms with van der Waals surface area (Å²) in [6.07, 6.45) is 4.02. The van der Waals surface area contributed by atoms with Crippen LogP contribution in [0.2, 0.25) is 0 Å². The molecule has 2 aromatic rings. The van der Waals surface area contributed by atoms with E-state index in [1.807, 2.05) is 18.9 Å². The van der Waals surface area contributed by atoms with Gasteiger partial charge in [-0.2, -0.15) is 4.98 Å². The molecule has 1 saturated heterocycles. The molecule has 1 aliphatic rings. The van der Waals surface area contributed by atoms with Crippen LogP contribution in [0.25, 0.3) is 0 Å². The number of hydrogen-bond acceptors (Lipinski definition) is 10. The molecule has 1 aromatic carbocycles. The van der Waals surface area contributed by atoms with Crippen molar-refractivity contribution in [3.05, 3.63) is 41.1 Å². The highest BCUT2D eigenvalue weighted by Gasteiger charge is 2.26. The number of benzene rings is 1. The normalized spacial score (nSPS) is 15.7. The van der Waals surface area contributed by atoms with Crippen LogP contribution in [0, 0.1) is 11.6 Å². The summed E-state index contributed by atoms with van der Waals surface area (Å²) >= 11 is 1.82. The Morgan fingerprint density at radius 3 is 2.77 bits per heavy atom. The molecule has 2 heterocycles. The maximum atomic E-state index is 14.3. The molecule has 0 radical (unpaired) electrons. The summed E-state index contributed by atoms with van der Waals surface area (Å²) in [5.74, 6) is -2.27. The summed E-state index contributed by atoms with van der Waals surface area (Å²) in [5, 5.41) is 15.5. The van der Waals surface area contributed by atoms with Gasteiger partial charge in [0.15, 0.2) is 11.6 Å². The van der Waals surface area contributed by atoms with Crippen LogP contribution >= 0.6 is 11.9 Å². The van der Waals surface area contributed by atoms with E-state index in [9.17, 15) is 13.6 Å². The monoisotopic (exact) mass is 510 g/mol. The van der Waals surface area contributed by atoms with Crippen LogP contribution in [0.4, 0.5) is 20.5 Å². The SMILES string of the molecule is COc1ccc(F)c(F)c1C(=O)c1cnc(NC2CCN(SCCCNC(C)CO)CC2)nc1N. The molecule has 35 heavy (non-hydrogen) atoms. The fourth-order valence-electron chi connectivity index (χ4n) is 3.68. The summed E-state index contributed by atoms with van der Waals surface area (Å²) in [7, 11) is 1.26. The fraction of sp³-hybridized carbons (Fsp3) is 0.522. The van der Waals surface area contributed by atoms with Crippen LogP contribution in [-0.4, -0.2) is 76.4 Å². The molecule has 0 saturated carbocycles. The second kappa shape index (κ2) is 13.0. The Kier molecular flexibility index (Phi) is 10.0. The number of methoxy groups -OCH3 is 1. The largest absolute Gasteiger partial charge is 0.496 e. The van der Waals surface area contributed by atoms with Gasteiger partial charge in [-0.1, -0.05) is 11.9 Å². The Morgan fingerprint density at radius 2 is 2.11 bits per heavy atom. The lowest BCUT2D eigenvalue weighted by Crippen LogP contribution is -2.36. The van der Waals surface area contributed by atoms with Crippen molar-refractivity contribution in [2.75, 3.05) is 50.2 Å². The number of nitrogens with zero attached hydrogens (tertiary/aromatic N) is 3. The van der Waals surface area contributed by atoms with Gasteiger partial charge >= 0.3 is 0 Å². The number of halogens is 2. The van der Waals surface area contributed by atoms with E-state index < -0.39 is 23.0 Å². The molecule has 1 atom stereocenters. The van der Waals surface area contributed by atoms with E-state index in [1.165, 1.54) is 19.4 Å². The molecule has 0 amide bonds. The number of nitrogens with two attached hydrogens (primary N) is 1. The number of aliphatic hydroxyl groups is 1. The zero-order valence-electron chi connectivity index (χ0n) is 19.9. The lowest BCUT2D eigenvalue weighted by Gasteiger charge is -2.31. The summed E-state index contributed by atoms with van der Waals surface area (Å²) in [6, 6.07) is 2.34. The van der Waals surface area contributed by atoms with Crippen molar-refractivity contribution in [2.24, 2.45) is 0 Å². The number of rotatable bonds is 12. The molecular weight excluding hydrogens is 478 g/mol. The molecule has 192 valence electrons. The molecule has 1 aromatic heterocycles. The fourth-order valence-corrected chi connectivity index (χ4v) is 4.68. The van der Waals surface area contributed by atoms with Gasteiger partial charge in [0.1, 0.15) is 17.1 Å². The van der Waals surface area contributed by atoms with Gasteiger partial charge in [-0.15, -0.1) is 0 Å². The van der Waals surface area contributed by atoms with Crippen LogP contribution < -0.4 is 21.1 Å². The Labute approximate surface area is 208 Å². The third-order valence-corrected chi connectivity index (χ3v) is 6.92. The smallest absolute Gasteiger partial charge is 0.224 e. The van der Waals surface area contributed by atoms with Crippen LogP contribution in [-0.2, 0) is 0 Å². The van der Waals surface area contributed by atoms with Gasteiger partial charge < -0.3 is 26.2 Å². The standard InChI is InChI=1S/C23H32F2N6O3S/c1-14(13-32)27-8-3-11-35-31-9-6-15(7-10-31)29-23-28-12-16(22(26)30-23)21(33)19-18(34-2)5-4-17(24)20(19)25/h4-5,12,14-15,27,32H,3,6-11,13H2,1-2H3,(H3,26,28,29,30). The van der Waals surface area contributed by atoms with E-state index in [0.717, 1.165) is 50.7 Å². The van der Waals surface area contributed by atoms with Crippen molar-refractivity contribution < 1.29 is 23.4 Å². The number of nitrogen functional groups attached to an aromatic ring is 1. The van der Waals surface area contributed by atoms with Crippen molar-refractivity contribution in [1.82, 2.24) is 19.6 Å². The molecule has 1 unspecified atom stereocenters. The molecule has 1 aliphatic heterocycles. The molecular formula is C23H32F2N6O3S. The highest BCUT2D eigenvalue weighted by atomic mass is 32.2. The third kappa shape index (κ3) is 7.23. The first-order chi connectivity index (χ1) is 16.8. The van der Waals surface area contributed by atoms with Crippen LogP contribution in [0.5, 0.6) is 5.75 Å². The van der Waals surface area contributed by atoms with Crippen molar-refractivity contribution >= 4 is 29.5 Å². The quantitative estimate of drug-likeness (QED) is 0.192. The molecule has 5 N–H and O–H groups in total. The summed E-state index contributed by atoms with van der Waals surface area (Å²) in [5.41, 5.74) is 5.29. The highest BCUT2D eigenvalue weighted by Crippen LogP contribution is 2.28. The lowest BCUT2D eigenvalue weighted by molar-refractivity contribution is 0.103. The minimum Gasteiger partial charge on any atom is -0.496 e. The number of ether oxygens (including phenoxy) is 1. The summed E-state index contributed by atoms with van der Waals surface area (Å²) in [4.78, 5) is 21.2. The van der Waals surface area contributed by atoms with E-state index in [2.05, 4.69) is 24.9 Å². The van der Waals surface area contributed by atoms with Crippen molar-refractivity contribution in [3.63, 3.8) is 0 Å². The van der Waals surface area contributed by atoms with Gasteiger partial charge in [0.05, 0.1) is 19.3 Å². The molecule has 9 nitrogen and oxygen atoms in total.